The summed E-state index contributed by atoms with van der Waals surface area (Å²) in [4.78, 5) is 34.1. The van der Waals surface area contributed by atoms with Gasteiger partial charge in [0.2, 0.25) is 0 Å². The van der Waals surface area contributed by atoms with Crippen molar-refractivity contribution in [3.63, 3.8) is 0 Å². The fourth-order valence-corrected chi connectivity index (χ4v) is 4.54. The van der Waals surface area contributed by atoms with Gasteiger partial charge < -0.3 is 5.32 Å². The number of carbonyl (C=O) groups excluding carboxylic acids is 1. The number of benzene rings is 1. The third kappa shape index (κ3) is 3.76. The Morgan fingerprint density at radius 3 is 2.63 bits per heavy atom. The van der Waals surface area contributed by atoms with Gasteiger partial charge in [-0.1, -0.05) is 19.3 Å². The molecule has 2 heterocycles. The highest BCUT2D eigenvalue weighted by molar-refractivity contribution is 5.97. The number of fused-ring (bicyclic) bond motifs is 1. The van der Waals surface area contributed by atoms with Gasteiger partial charge >= 0.3 is 5.69 Å². The molecule has 156 valence electrons. The van der Waals surface area contributed by atoms with Crippen molar-refractivity contribution in [1.82, 2.24) is 24.4 Å². The summed E-state index contributed by atoms with van der Waals surface area (Å²) in [5, 5.41) is 2.91. The summed E-state index contributed by atoms with van der Waals surface area (Å²) in [5.74, 6) is 0.426. The Bertz CT molecular complexity index is 1110. The molecule has 1 N–H and O–H groups in total. The van der Waals surface area contributed by atoms with Crippen molar-refractivity contribution in [2.75, 3.05) is 0 Å². The van der Waals surface area contributed by atoms with Gasteiger partial charge in [-0.15, -0.1) is 0 Å². The van der Waals surface area contributed by atoms with Crippen LogP contribution in [0.15, 0.2) is 41.6 Å². The quantitative estimate of drug-likeness (QED) is 0.681. The van der Waals surface area contributed by atoms with Crippen molar-refractivity contribution in [1.29, 1.82) is 0 Å². The van der Waals surface area contributed by atoms with Crippen LogP contribution in [0.1, 0.15) is 67.0 Å². The summed E-state index contributed by atoms with van der Waals surface area (Å²) >= 11 is 0. The maximum absolute atomic E-state index is 13.4. The Labute approximate surface area is 175 Å². The average Bonchev–Trinajstić information content (AvgIpc) is 3.57. The van der Waals surface area contributed by atoms with Crippen LogP contribution in [0.4, 0.5) is 0 Å². The predicted octanol–water partition coefficient (Wildman–Crippen LogP) is 3.44. The second-order valence-electron chi connectivity index (χ2n) is 8.59. The molecule has 0 unspecified atom stereocenters. The minimum absolute atomic E-state index is 0.0855. The van der Waals surface area contributed by atoms with Crippen molar-refractivity contribution in [3.05, 3.63) is 58.5 Å². The first-order chi connectivity index (χ1) is 14.7. The van der Waals surface area contributed by atoms with Crippen LogP contribution in [0.2, 0.25) is 0 Å². The molecule has 30 heavy (non-hydrogen) atoms. The third-order valence-electron chi connectivity index (χ3n) is 6.38. The van der Waals surface area contributed by atoms with Crippen LogP contribution < -0.4 is 11.0 Å². The Hall–Kier alpha value is -2.96. The Morgan fingerprint density at radius 2 is 1.90 bits per heavy atom. The van der Waals surface area contributed by atoms with Crippen LogP contribution in [0.25, 0.3) is 11.0 Å². The van der Waals surface area contributed by atoms with E-state index in [1.165, 1.54) is 38.4 Å². The van der Waals surface area contributed by atoms with E-state index in [2.05, 4.69) is 15.3 Å². The summed E-state index contributed by atoms with van der Waals surface area (Å²) < 4.78 is 3.91. The molecule has 2 fully saturated rings. The Balaban J connectivity index is 1.47. The average molecular weight is 406 g/mol. The maximum Gasteiger partial charge on any atom is 0.329 e. The van der Waals surface area contributed by atoms with Gasteiger partial charge in [0.1, 0.15) is 6.33 Å². The molecule has 5 rings (SSSR count). The molecule has 0 aliphatic heterocycles. The minimum Gasteiger partial charge on any atom is -0.346 e. The molecule has 3 aromatic rings. The second kappa shape index (κ2) is 8.05. The zero-order valence-electron chi connectivity index (χ0n) is 17.1. The van der Waals surface area contributed by atoms with E-state index in [0.717, 1.165) is 36.1 Å². The number of hydrogen-bond donors (Lipinski definition) is 1. The summed E-state index contributed by atoms with van der Waals surface area (Å²) in [5.41, 5.74) is 3.25. The molecule has 0 radical (unpaired) electrons. The molecule has 7 heteroatoms. The molecular formula is C23H27N5O2. The summed E-state index contributed by atoms with van der Waals surface area (Å²) in [6, 6.07) is 7.72. The molecule has 0 bridgehead atoms. The standard InChI is InChI=1S/C23H27N5O2/c29-22(25-13-18-10-11-24-15-26-18)17-8-9-20-21(12-17)27(14-16-6-7-16)23(30)28(20)19-4-2-1-3-5-19/h8-12,15-16,19H,1-7,13-14H2,(H,25,29). The fraction of sp³-hybridized carbons (Fsp3) is 0.478. The molecule has 0 saturated heterocycles. The molecule has 2 aromatic heterocycles. The number of amides is 1. The topological polar surface area (TPSA) is 81.8 Å². The predicted molar refractivity (Wildman–Crippen MR) is 114 cm³/mol. The van der Waals surface area contributed by atoms with Gasteiger partial charge in [-0.3, -0.25) is 13.9 Å². The molecule has 1 aromatic carbocycles. The molecule has 0 spiro atoms. The summed E-state index contributed by atoms with van der Waals surface area (Å²) in [6.45, 7) is 1.10. The Kier molecular flexibility index (Phi) is 5.11. The first-order valence-corrected chi connectivity index (χ1v) is 11.0. The van der Waals surface area contributed by atoms with E-state index in [1.54, 1.807) is 12.3 Å². The molecule has 0 atom stereocenters. The van der Waals surface area contributed by atoms with Crippen molar-refractivity contribution < 1.29 is 4.79 Å². The van der Waals surface area contributed by atoms with Crippen molar-refractivity contribution >= 4 is 16.9 Å². The second-order valence-corrected chi connectivity index (χ2v) is 8.59. The highest BCUT2D eigenvalue weighted by atomic mass is 16.2. The lowest BCUT2D eigenvalue weighted by atomic mass is 9.95. The highest BCUT2D eigenvalue weighted by Gasteiger charge is 2.27. The fourth-order valence-electron chi connectivity index (χ4n) is 4.54. The van der Waals surface area contributed by atoms with Crippen LogP contribution in [-0.2, 0) is 13.1 Å². The number of aromatic nitrogens is 4. The monoisotopic (exact) mass is 405 g/mol. The van der Waals surface area contributed by atoms with E-state index >= 15 is 0 Å². The molecule has 2 saturated carbocycles. The molecular weight excluding hydrogens is 378 g/mol. The zero-order valence-corrected chi connectivity index (χ0v) is 17.1. The summed E-state index contributed by atoms with van der Waals surface area (Å²) in [7, 11) is 0. The number of rotatable bonds is 6. The molecule has 1 amide bonds. The SMILES string of the molecule is O=C(NCc1ccncn1)c1ccc2c(c1)n(CC1CC1)c(=O)n2C1CCCCC1. The third-order valence-corrected chi connectivity index (χ3v) is 6.38. The lowest BCUT2D eigenvalue weighted by molar-refractivity contribution is 0.0950. The van der Waals surface area contributed by atoms with E-state index in [1.807, 2.05) is 27.3 Å². The maximum atomic E-state index is 13.4. The number of nitrogens with one attached hydrogen (secondary N) is 1. The van der Waals surface area contributed by atoms with E-state index in [9.17, 15) is 9.59 Å². The minimum atomic E-state index is -0.161. The smallest absolute Gasteiger partial charge is 0.329 e. The number of imidazole rings is 1. The van der Waals surface area contributed by atoms with Crippen LogP contribution in [0.5, 0.6) is 0 Å². The molecule has 2 aliphatic rings. The van der Waals surface area contributed by atoms with E-state index in [4.69, 9.17) is 0 Å². The van der Waals surface area contributed by atoms with Gasteiger partial charge in [-0.05, 0) is 55.9 Å². The largest absolute Gasteiger partial charge is 0.346 e. The van der Waals surface area contributed by atoms with Gasteiger partial charge in [0, 0.05) is 24.3 Å². The van der Waals surface area contributed by atoms with Crippen molar-refractivity contribution in [3.8, 4) is 0 Å². The van der Waals surface area contributed by atoms with Crippen LogP contribution in [-0.4, -0.2) is 25.0 Å². The number of hydrogen-bond acceptors (Lipinski definition) is 4. The van der Waals surface area contributed by atoms with E-state index in [0.29, 0.717) is 18.0 Å². The van der Waals surface area contributed by atoms with Crippen LogP contribution in [0, 0.1) is 5.92 Å². The van der Waals surface area contributed by atoms with Crippen LogP contribution in [0.3, 0.4) is 0 Å². The van der Waals surface area contributed by atoms with Gasteiger partial charge in [-0.25, -0.2) is 14.8 Å². The first kappa shape index (κ1) is 19.0. The van der Waals surface area contributed by atoms with E-state index in [-0.39, 0.29) is 17.6 Å². The first-order valence-electron chi connectivity index (χ1n) is 11.0. The number of carbonyl (C=O) groups is 1. The Morgan fingerprint density at radius 1 is 1.07 bits per heavy atom. The molecule has 2 aliphatic carbocycles. The van der Waals surface area contributed by atoms with Gasteiger partial charge in [0.15, 0.2) is 0 Å². The lowest BCUT2D eigenvalue weighted by Crippen LogP contribution is -2.29. The number of nitrogens with zero attached hydrogens (tertiary/aromatic N) is 4. The molecule has 7 nitrogen and oxygen atoms in total. The van der Waals surface area contributed by atoms with Gasteiger partial charge in [-0.2, -0.15) is 0 Å². The van der Waals surface area contributed by atoms with E-state index < -0.39 is 0 Å². The summed E-state index contributed by atoms with van der Waals surface area (Å²) in [6.07, 6.45) is 11.2. The van der Waals surface area contributed by atoms with Crippen LogP contribution >= 0.6 is 0 Å². The van der Waals surface area contributed by atoms with Crippen molar-refractivity contribution in [2.45, 2.75) is 64.1 Å². The van der Waals surface area contributed by atoms with Gasteiger partial charge in [0.05, 0.1) is 23.3 Å². The van der Waals surface area contributed by atoms with Gasteiger partial charge in [0.25, 0.3) is 5.91 Å². The van der Waals surface area contributed by atoms with Crippen molar-refractivity contribution in [2.24, 2.45) is 5.92 Å². The highest BCUT2D eigenvalue weighted by Crippen LogP contribution is 2.33. The normalized spacial score (nSPS) is 17.3. The zero-order chi connectivity index (χ0) is 20.5. The lowest BCUT2D eigenvalue weighted by Gasteiger charge is -2.23.